The first-order valence-electron chi connectivity index (χ1n) is 4.88. The Bertz CT molecular complexity index is 413. The number of rotatable bonds is 2. The Morgan fingerprint density at radius 3 is 3.07 bits per heavy atom. The number of hydrogen-bond acceptors (Lipinski definition) is 3. The lowest BCUT2D eigenvalue weighted by Crippen LogP contribution is -2.36. The van der Waals surface area contributed by atoms with Crippen molar-refractivity contribution < 1.29 is 9.90 Å². The van der Waals surface area contributed by atoms with Crippen LogP contribution in [0.15, 0.2) is 6.20 Å². The predicted octanol–water partition coefficient (Wildman–Crippen LogP) is 0.489. The molecule has 0 spiro atoms. The zero-order valence-corrected chi connectivity index (χ0v) is 9.01. The molecule has 0 saturated carbocycles. The molecule has 1 aromatic heterocycles. The molecule has 82 valence electrons. The molecule has 1 unspecified atom stereocenters. The van der Waals surface area contributed by atoms with Crippen molar-refractivity contribution in [2.75, 3.05) is 6.54 Å². The molecule has 15 heavy (non-hydrogen) atoms. The highest BCUT2D eigenvalue weighted by Crippen LogP contribution is 2.19. The van der Waals surface area contributed by atoms with Crippen LogP contribution < -0.4 is 5.32 Å². The number of imidazole rings is 1. The smallest absolute Gasteiger partial charge is 0.220 e. The van der Waals surface area contributed by atoms with Gasteiger partial charge in [-0.3, -0.25) is 4.79 Å². The van der Waals surface area contributed by atoms with E-state index in [-0.39, 0.29) is 18.6 Å². The third-order valence-corrected chi connectivity index (χ3v) is 2.97. The molecule has 5 nitrogen and oxygen atoms in total. The molecule has 1 aromatic rings. The molecule has 3 N–H and O–H groups in total. The average molecular weight is 227 g/mol. The molecule has 1 aliphatic heterocycles. The maximum atomic E-state index is 11.0. The van der Waals surface area contributed by atoms with Crippen LogP contribution in [-0.4, -0.2) is 27.1 Å². The van der Waals surface area contributed by atoms with Gasteiger partial charge in [0, 0.05) is 19.2 Å². The van der Waals surface area contributed by atoms with E-state index in [1.54, 1.807) is 6.20 Å². The van der Waals surface area contributed by atoms with E-state index < -0.39 is 0 Å². The number of aromatic amines is 1. The van der Waals surface area contributed by atoms with Gasteiger partial charge < -0.3 is 20.0 Å². The van der Waals surface area contributed by atoms with Crippen LogP contribution in [0.1, 0.15) is 24.6 Å². The molecule has 2 rings (SSSR count). The van der Waals surface area contributed by atoms with Gasteiger partial charge in [0.15, 0.2) is 4.77 Å². The minimum atomic E-state index is -0.0441. The van der Waals surface area contributed by atoms with E-state index in [0.717, 1.165) is 12.1 Å². The summed E-state index contributed by atoms with van der Waals surface area (Å²) in [5.74, 6) is 0.0823. The highest BCUT2D eigenvalue weighted by atomic mass is 32.1. The minimum Gasteiger partial charge on any atom is -0.390 e. The summed E-state index contributed by atoms with van der Waals surface area (Å²) in [4.78, 5) is 13.9. The van der Waals surface area contributed by atoms with Gasteiger partial charge in [-0.25, -0.2) is 0 Å². The lowest BCUT2D eigenvalue weighted by atomic mass is 10.1. The number of amides is 1. The number of nitrogens with one attached hydrogen (secondary N) is 2. The van der Waals surface area contributed by atoms with E-state index >= 15 is 0 Å². The van der Waals surface area contributed by atoms with Crippen molar-refractivity contribution in [3.8, 4) is 0 Å². The second-order valence-electron chi connectivity index (χ2n) is 3.61. The van der Waals surface area contributed by atoms with Crippen molar-refractivity contribution in [2.45, 2.75) is 25.5 Å². The zero-order chi connectivity index (χ0) is 10.8. The first kappa shape index (κ1) is 10.4. The highest BCUT2D eigenvalue weighted by Gasteiger charge is 2.21. The summed E-state index contributed by atoms with van der Waals surface area (Å²) in [7, 11) is 0. The molecule has 0 aromatic carbocycles. The molecular weight excluding hydrogens is 214 g/mol. The number of nitrogens with zero attached hydrogens (tertiary/aromatic N) is 1. The fraction of sp³-hybridized carbons (Fsp3) is 0.556. The molecule has 1 aliphatic rings. The quantitative estimate of drug-likeness (QED) is 0.644. The van der Waals surface area contributed by atoms with Crippen molar-refractivity contribution in [3.63, 3.8) is 0 Å². The van der Waals surface area contributed by atoms with Crippen LogP contribution in [0.5, 0.6) is 0 Å². The Hall–Kier alpha value is -1.14. The first-order valence-corrected chi connectivity index (χ1v) is 5.29. The summed E-state index contributed by atoms with van der Waals surface area (Å²) in [5, 5.41) is 11.9. The zero-order valence-electron chi connectivity index (χ0n) is 8.19. The van der Waals surface area contributed by atoms with E-state index in [1.165, 1.54) is 0 Å². The summed E-state index contributed by atoms with van der Waals surface area (Å²) < 4.78 is 2.48. The second kappa shape index (κ2) is 4.16. The Balaban J connectivity index is 2.25. The highest BCUT2D eigenvalue weighted by molar-refractivity contribution is 7.71. The third-order valence-electron chi connectivity index (χ3n) is 2.66. The van der Waals surface area contributed by atoms with Crippen molar-refractivity contribution in [3.05, 3.63) is 16.7 Å². The van der Waals surface area contributed by atoms with Crippen molar-refractivity contribution in [2.24, 2.45) is 0 Å². The largest absolute Gasteiger partial charge is 0.390 e. The van der Waals surface area contributed by atoms with Crippen LogP contribution in [0, 0.1) is 4.77 Å². The van der Waals surface area contributed by atoms with Gasteiger partial charge in [-0.15, -0.1) is 0 Å². The normalized spacial score (nSPS) is 21.4. The van der Waals surface area contributed by atoms with Gasteiger partial charge in [-0.1, -0.05) is 0 Å². The van der Waals surface area contributed by atoms with Crippen molar-refractivity contribution in [1.29, 1.82) is 0 Å². The number of H-pyrrole nitrogens is 1. The number of aliphatic hydroxyl groups is 1. The van der Waals surface area contributed by atoms with Crippen LogP contribution in [-0.2, 0) is 11.4 Å². The van der Waals surface area contributed by atoms with E-state index in [1.807, 2.05) is 4.57 Å². The minimum absolute atomic E-state index is 0.0441. The first-order chi connectivity index (χ1) is 7.22. The summed E-state index contributed by atoms with van der Waals surface area (Å²) in [5.41, 5.74) is 0.765. The van der Waals surface area contributed by atoms with E-state index in [4.69, 9.17) is 17.3 Å². The maximum Gasteiger partial charge on any atom is 0.220 e. The lowest BCUT2D eigenvalue weighted by molar-refractivity contribution is -0.122. The number of carbonyl (C=O) groups is 1. The molecule has 0 aliphatic carbocycles. The van der Waals surface area contributed by atoms with Gasteiger partial charge in [-0.05, 0) is 18.6 Å². The second-order valence-corrected chi connectivity index (χ2v) is 4.00. The Labute approximate surface area is 92.1 Å². The van der Waals surface area contributed by atoms with Gasteiger partial charge in [0.2, 0.25) is 5.91 Å². The Morgan fingerprint density at radius 1 is 1.67 bits per heavy atom. The van der Waals surface area contributed by atoms with E-state index in [2.05, 4.69) is 10.3 Å². The van der Waals surface area contributed by atoms with Crippen LogP contribution >= 0.6 is 12.2 Å². The summed E-state index contributed by atoms with van der Waals surface area (Å²) in [6.07, 6.45) is 2.99. The standard InChI is InChI=1S/C9H13N3O2S/c13-5-7-4-11-9(15)12(7)6-1-2-8(14)10-3-6/h4,6,13H,1-3,5H2,(H,10,14)(H,11,15). The van der Waals surface area contributed by atoms with Crippen LogP contribution in [0.2, 0.25) is 0 Å². The van der Waals surface area contributed by atoms with Gasteiger partial charge in [0.1, 0.15) is 0 Å². The fourth-order valence-electron chi connectivity index (χ4n) is 1.88. The molecule has 6 heteroatoms. The Kier molecular flexibility index (Phi) is 2.88. The van der Waals surface area contributed by atoms with Gasteiger partial charge in [0.05, 0.1) is 18.3 Å². The topological polar surface area (TPSA) is 70.0 Å². The summed E-state index contributed by atoms with van der Waals surface area (Å²) in [6.45, 7) is 0.537. The van der Waals surface area contributed by atoms with Crippen molar-refractivity contribution in [1.82, 2.24) is 14.9 Å². The van der Waals surface area contributed by atoms with Gasteiger partial charge in [0.25, 0.3) is 0 Å². The third kappa shape index (κ3) is 1.95. The fourth-order valence-corrected chi connectivity index (χ4v) is 2.20. The maximum absolute atomic E-state index is 11.0. The Morgan fingerprint density at radius 2 is 2.47 bits per heavy atom. The SMILES string of the molecule is O=C1CCC(n2c(CO)c[nH]c2=S)CN1. The van der Waals surface area contributed by atoms with Crippen LogP contribution in [0.4, 0.5) is 0 Å². The van der Waals surface area contributed by atoms with Gasteiger partial charge >= 0.3 is 0 Å². The van der Waals surface area contributed by atoms with Gasteiger partial charge in [-0.2, -0.15) is 0 Å². The van der Waals surface area contributed by atoms with Crippen LogP contribution in [0.25, 0.3) is 0 Å². The molecule has 0 radical (unpaired) electrons. The summed E-state index contributed by atoms with van der Waals surface area (Å²) >= 11 is 5.13. The molecule has 1 fully saturated rings. The molecule has 1 atom stereocenters. The van der Waals surface area contributed by atoms with E-state index in [9.17, 15) is 4.79 Å². The number of carbonyl (C=O) groups excluding carboxylic acids is 1. The lowest BCUT2D eigenvalue weighted by Gasteiger charge is -2.25. The average Bonchev–Trinajstić information content (AvgIpc) is 2.61. The molecule has 0 bridgehead atoms. The number of aliphatic hydroxyl groups excluding tert-OH is 1. The number of piperidine rings is 1. The molecule has 1 saturated heterocycles. The summed E-state index contributed by atoms with van der Waals surface area (Å²) in [6, 6.07) is 0.156. The van der Waals surface area contributed by atoms with E-state index in [0.29, 0.717) is 17.7 Å². The van der Waals surface area contributed by atoms with Crippen LogP contribution in [0.3, 0.4) is 0 Å². The van der Waals surface area contributed by atoms with Crippen molar-refractivity contribution >= 4 is 18.1 Å². The monoisotopic (exact) mass is 227 g/mol. The number of hydrogen-bond donors (Lipinski definition) is 3. The molecule has 1 amide bonds. The molecular formula is C9H13N3O2S. The number of aromatic nitrogens is 2. The molecule has 2 heterocycles. The predicted molar refractivity (Wildman–Crippen MR) is 56.8 cm³/mol.